The van der Waals surface area contributed by atoms with Crippen molar-refractivity contribution in [3.05, 3.63) is 47.7 Å². The molecule has 30 heavy (non-hydrogen) atoms. The second-order valence-electron chi connectivity index (χ2n) is 8.09. The molecule has 5 rings (SSSR count). The van der Waals surface area contributed by atoms with Crippen LogP contribution in [0, 0.1) is 0 Å². The zero-order valence-corrected chi connectivity index (χ0v) is 16.6. The van der Waals surface area contributed by atoms with Crippen molar-refractivity contribution >= 4 is 12.1 Å². The molecule has 3 aliphatic rings. The summed E-state index contributed by atoms with van der Waals surface area (Å²) >= 11 is 0. The average Bonchev–Trinajstić information content (AvgIpc) is 3.35. The van der Waals surface area contributed by atoms with Crippen LogP contribution in [-0.2, 0) is 17.0 Å². The van der Waals surface area contributed by atoms with Crippen LogP contribution >= 0.6 is 0 Å². The predicted octanol–water partition coefficient (Wildman–Crippen LogP) is 2.74. The zero-order valence-electron chi connectivity index (χ0n) is 16.6. The molecule has 1 aromatic carbocycles. The van der Waals surface area contributed by atoms with Crippen LogP contribution in [-0.4, -0.2) is 61.9 Å². The van der Waals surface area contributed by atoms with Gasteiger partial charge in [0.2, 0.25) is 11.8 Å². The van der Waals surface area contributed by atoms with Crippen LogP contribution in [0.2, 0.25) is 0 Å². The topological polar surface area (TPSA) is 112 Å². The normalized spacial score (nSPS) is 24.2. The van der Waals surface area contributed by atoms with Crippen LogP contribution in [0.4, 0.5) is 9.59 Å². The highest BCUT2D eigenvalue weighted by Gasteiger charge is 2.55. The maximum Gasteiger partial charge on any atom is 0.407 e. The largest absolute Gasteiger partial charge is 0.465 e. The molecular weight excluding hydrogens is 390 g/mol. The van der Waals surface area contributed by atoms with Gasteiger partial charge in [-0.3, -0.25) is 9.74 Å². The van der Waals surface area contributed by atoms with Gasteiger partial charge in [0.1, 0.15) is 18.2 Å². The highest BCUT2D eigenvalue weighted by atomic mass is 16.7. The summed E-state index contributed by atoms with van der Waals surface area (Å²) in [6.45, 7) is 0.868. The van der Waals surface area contributed by atoms with Crippen LogP contribution in [0.3, 0.4) is 0 Å². The highest BCUT2D eigenvalue weighted by Crippen LogP contribution is 2.50. The number of hydrogen-bond donors (Lipinski definition) is 1. The number of amides is 3. The molecule has 1 N–H and O–H groups in total. The number of fused-ring (bicyclic) bond motifs is 2. The summed E-state index contributed by atoms with van der Waals surface area (Å²) in [5, 5.41) is 19.1. The van der Waals surface area contributed by atoms with Gasteiger partial charge in [0.05, 0.1) is 6.04 Å². The van der Waals surface area contributed by atoms with Gasteiger partial charge in [-0.15, -0.1) is 10.2 Å². The van der Waals surface area contributed by atoms with E-state index in [1.165, 1.54) is 17.0 Å². The number of nitrogens with zero attached hydrogens (tertiary/aromatic N) is 5. The van der Waals surface area contributed by atoms with Crippen LogP contribution < -0.4 is 0 Å². The van der Waals surface area contributed by atoms with E-state index in [9.17, 15) is 14.7 Å². The Hall–Kier alpha value is -3.14. The van der Waals surface area contributed by atoms with Gasteiger partial charge in [0, 0.05) is 13.6 Å². The number of urea groups is 1. The maximum atomic E-state index is 13.0. The van der Waals surface area contributed by atoms with E-state index in [1.807, 2.05) is 30.3 Å². The smallest absolute Gasteiger partial charge is 0.407 e. The van der Waals surface area contributed by atoms with E-state index < -0.39 is 11.6 Å². The summed E-state index contributed by atoms with van der Waals surface area (Å²) in [7, 11) is 1.51. The van der Waals surface area contributed by atoms with E-state index in [1.54, 1.807) is 4.90 Å². The molecule has 2 bridgehead atoms. The maximum absolute atomic E-state index is 13.0. The predicted molar refractivity (Wildman–Crippen MR) is 102 cm³/mol. The first kappa shape index (κ1) is 18.9. The molecule has 0 spiro atoms. The SMILES string of the molecule is CN(C(=O)O)C1(c2nnc(C3CC[C@@H]4CN3C(=O)N4OCc3ccccc3)o2)CC1. The molecule has 1 aromatic heterocycles. The first-order chi connectivity index (χ1) is 14.5. The molecule has 10 heteroatoms. The number of rotatable bonds is 6. The minimum atomic E-state index is -1.03. The Morgan fingerprint density at radius 1 is 1.30 bits per heavy atom. The number of hydroxylamine groups is 2. The second kappa shape index (κ2) is 6.98. The Morgan fingerprint density at radius 3 is 2.77 bits per heavy atom. The number of aromatic nitrogens is 2. The third kappa shape index (κ3) is 2.98. The number of hydrogen-bond acceptors (Lipinski definition) is 6. The first-order valence-corrected chi connectivity index (χ1v) is 10.1. The Morgan fingerprint density at radius 2 is 2.07 bits per heavy atom. The quantitative estimate of drug-likeness (QED) is 0.775. The number of benzene rings is 1. The minimum Gasteiger partial charge on any atom is -0.465 e. The van der Waals surface area contributed by atoms with E-state index in [2.05, 4.69) is 10.2 Å². The Balaban J connectivity index is 1.30. The van der Waals surface area contributed by atoms with Crippen molar-refractivity contribution in [2.24, 2.45) is 0 Å². The van der Waals surface area contributed by atoms with Gasteiger partial charge in [-0.05, 0) is 31.2 Å². The number of carbonyl (C=O) groups excluding carboxylic acids is 1. The van der Waals surface area contributed by atoms with Crippen molar-refractivity contribution in [2.75, 3.05) is 13.6 Å². The van der Waals surface area contributed by atoms with Crippen molar-refractivity contribution in [2.45, 2.75) is 49.9 Å². The standard InChI is InChI=1S/C20H23N5O5/c1-23(19(27)28)20(9-10-20)17-22-21-16(30-17)15-8-7-14-11-24(15)18(26)25(14)29-12-13-5-3-2-4-6-13/h2-6,14-15H,7-12H2,1H3,(H,27,28)/t14-,15?/m1/s1. The molecule has 10 nitrogen and oxygen atoms in total. The molecule has 1 unspecified atom stereocenters. The summed E-state index contributed by atoms with van der Waals surface area (Å²) in [6.07, 6.45) is 1.71. The molecule has 1 aliphatic carbocycles. The molecule has 3 heterocycles. The molecule has 2 atom stereocenters. The molecule has 3 amide bonds. The van der Waals surface area contributed by atoms with Gasteiger partial charge in [-0.1, -0.05) is 30.3 Å². The van der Waals surface area contributed by atoms with E-state index in [4.69, 9.17) is 9.25 Å². The molecular formula is C20H23N5O5. The zero-order chi connectivity index (χ0) is 20.9. The van der Waals surface area contributed by atoms with Crippen LogP contribution in [0.5, 0.6) is 0 Å². The average molecular weight is 413 g/mol. The minimum absolute atomic E-state index is 0.00669. The summed E-state index contributed by atoms with van der Waals surface area (Å²) < 4.78 is 5.90. The molecule has 158 valence electrons. The number of carbonyl (C=O) groups is 2. The van der Waals surface area contributed by atoms with Crippen molar-refractivity contribution in [1.82, 2.24) is 25.1 Å². The fraction of sp³-hybridized carbons (Fsp3) is 0.500. The lowest BCUT2D eigenvalue weighted by atomic mass is 10.0. The van der Waals surface area contributed by atoms with Gasteiger partial charge in [0.25, 0.3) is 0 Å². The van der Waals surface area contributed by atoms with Gasteiger partial charge >= 0.3 is 12.1 Å². The van der Waals surface area contributed by atoms with Crippen molar-refractivity contribution in [1.29, 1.82) is 0 Å². The fourth-order valence-corrected chi connectivity index (χ4v) is 4.32. The van der Waals surface area contributed by atoms with E-state index in [0.29, 0.717) is 44.2 Å². The molecule has 3 fully saturated rings. The number of piperidine rings is 1. The van der Waals surface area contributed by atoms with Gasteiger partial charge in [-0.2, -0.15) is 5.06 Å². The Bertz CT molecular complexity index is 960. The molecule has 1 saturated carbocycles. The highest BCUT2D eigenvalue weighted by molar-refractivity contribution is 5.77. The van der Waals surface area contributed by atoms with Gasteiger partial charge in [-0.25, -0.2) is 9.59 Å². The summed E-state index contributed by atoms with van der Waals surface area (Å²) in [6, 6.07) is 9.18. The van der Waals surface area contributed by atoms with Gasteiger partial charge < -0.3 is 14.4 Å². The fourth-order valence-electron chi connectivity index (χ4n) is 4.32. The van der Waals surface area contributed by atoms with E-state index in [0.717, 1.165) is 12.0 Å². The van der Waals surface area contributed by atoms with Crippen LogP contribution in [0.15, 0.2) is 34.7 Å². The molecule has 2 aliphatic heterocycles. The second-order valence-corrected chi connectivity index (χ2v) is 8.09. The molecule has 2 saturated heterocycles. The summed E-state index contributed by atoms with van der Waals surface area (Å²) in [5.74, 6) is 0.653. The lowest BCUT2D eigenvalue weighted by Gasteiger charge is -2.27. The van der Waals surface area contributed by atoms with E-state index in [-0.39, 0.29) is 18.1 Å². The lowest BCUT2D eigenvalue weighted by Crippen LogP contribution is -2.36. The van der Waals surface area contributed by atoms with Crippen LogP contribution in [0.1, 0.15) is 49.1 Å². The third-order valence-electron chi connectivity index (χ3n) is 6.31. The summed E-state index contributed by atoms with van der Waals surface area (Å²) in [4.78, 5) is 33.1. The Kier molecular flexibility index (Phi) is 4.39. The summed E-state index contributed by atoms with van der Waals surface area (Å²) in [5.41, 5.74) is 0.255. The molecule has 2 aromatic rings. The monoisotopic (exact) mass is 413 g/mol. The number of carboxylic acid groups (broad SMARTS) is 1. The van der Waals surface area contributed by atoms with Gasteiger partial charge in [0.15, 0.2) is 0 Å². The van der Waals surface area contributed by atoms with Crippen molar-refractivity contribution < 1.29 is 24.0 Å². The Labute approximate surface area is 173 Å². The molecule has 0 radical (unpaired) electrons. The van der Waals surface area contributed by atoms with Crippen molar-refractivity contribution in [3.63, 3.8) is 0 Å². The van der Waals surface area contributed by atoms with Crippen molar-refractivity contribution in [3.8, 4) is 0 Å². The first-order valence-electron chi connectivity index (χ1n) is 10.1. The van der Waals surface area contributed by atoms with E-state index >= 15 is 0 Å². The van der Waals surface area contributed by atoms with Crippen LogP contribution in [0.25, 0.3) is 0 Å². The lowest BCUT2D eigenvalue weighted by molar-refractivity contribution is -0.140. The third-order valence-corrected chi connectivity index (χ3v) is 6.31.